The maximum Gasteiger partial charge on any atom is 0.119 e. The minimum absolute atomic E-state index is 0.720. The van der Waals surface area contributed by atoms with E-state index in [1.54, 1.807) is 0 Å². The van der Waals surface area contributed by atoms with Crippen molar-refractivity contribution < 1.29 is 4.74 Å². The molecule has 0 unspecified atom stereocenters. The van der Waals surface area contributed by atoms with Gasteiger partial charge in [0.2, 0.25) is 0 Å². The molecule has 1 aliphatic carbocycles. The summed E-state index contributed by atoms with van der Waals surface area (Å²) < 4.78 is 5.62. The van der Waals surface area contributed by atoms with E-state index < -0.39 is 0 Å². The lowest BCUT2D eigenvalue weighted by atomic mass is 9.77. The summed E-state index contributed by atoms with van der Waals surface area (Å²) in [6, 6.07) is 16.9. The van der Waals surface area contributed by atoms with Gasteiger partial charge >= 0.3 is 0 Å². The van der Waals surface area contributed by atoms with Gasteiger partial charge in [-0.15, -0.1) is 6.58 Å². The fourth-order valence-electron chi connectivity index (χ4n) is 3.98. The number of ether oxygens (including phenoxy) is 1. The van der Waals surface area contributed by atoms with E-state index in [-0.39, 0.29) is 0 Å². The van der Waals surface area contributed by atoms with Gasteiger partial charge in [0.05, 0.1) is 6.61 Å². The third-order valence-corrected chi connectivity index (χ3v) is 5.69. The topological polar surface area (TPSA) is 9.23 Å². The Kier molecular flexibility index (Phi) is 7.80. The van der Waals surface area contributed by atoms with Gasteiger partial charge in [0, 0.05) is 11.1 Å². The van der Waals surface area contributed by atoms with E-state index in [1.165, 1.54) is 37.7 Å². The maximum absolute atomic E-state index is 5.62. The zero-order chi connectivity index (χ0) is 19.6. The van der Waals surface area contributed by atoms with E-state index in [4.69, 9.17) is 4.74 Å². The van der Waals surface area contributed by atoms with Gasteiger partial charge in [-0.05, 0) is 98.7 Å². The van der Waals surface area contributed by atoms with Crippen LogP contribution < -0.4 is 4.74 Å². The molecule has 146 valence electrons. The first kappa shape index (κ1) is 20.3. The van der Waals surface area contributed by atoms with Gasteiger partial charge in [0.25, 0.3) is 0 Å². The summed E-state index contributed by atoms with van der Waals surface area (Å²) in [6.45, 7) is 6.72. The van der Waals surface area contributed by atoms with E-state index in [2.05, 4.69) is 55.7 Å². The molecule has 1 saturated carbocycles. The molecule has 0 spiro atoms. The molecule has 0 atom stereocenters. The molecule has 1 heteroatoms. The predicted molar refractivity (Wildman–Crippen MR) is 119 cm³/mol. The van der Waals surface area contributed by atoms with Crippen LogP contribution in [0.4, 0.5) is 0 Å². The summed E-state index contributed by atoms with van der Waals surface area (Å²) in [5.74, 6) is 9.07. The molecule has 0 N–H and O–H groups in total. The second-order valence-corrected chi connectivity index (χ2v) is 7.83. The van der Waals surface area contributed by atoms with Gasteiger partial charge in [-0.2, -0.15) is 0 Å². The smallest absolute Gasteiger partial charge is 0.119 e. The van der Waals surface area contributed by atoms with Crippen LogP contribution in [-0.2, 0) is 0 Å². The van der Waals surface area contributed by atoms with E-state index in [1.807, 2.05) is 24.3 Å². The molecule has 0 bridgehead atoms. The van der Waals surface area contributed by atoms with Crippen LogP contribution in [0.5, 0.6) is 5.75 Å². The highest BCUT2D eigenvalue weighted by Gasteiger charge is 2.21. The van der Waals surface area contributed by atoms with Crippen molar-refractivity contribution in [1.29, 1.82) is 0 Å². The molecule has 1 fully saturated rings. The lowest BCUT2D eigenvalue weighted by molar-refractivity contribution is 0.312. The van der Waals surface area contributed by atoms with Crippen LogP contribution in [-0.4, -0.2) is 6.61 Å². The molecule has 0 amide bonds. The highest BCUT2D eigenvalue weighted by molar-refractivity contribution is 5.45. The van der Waals surface area contributed by atoms with Crippen LogP contribution in [0.2, 0.25) is 0 Å². The van der Waals surface area contributed by atoms with Gasteiger partial charge in [-0.1, -0.05) is 37.0 Å². The van der Waals surface area contributed by atoms with Gasteiger partial charge in [-0.25, -0.2) is 0 Å². The van der Waals surface area contributed by atoms with Crippen LogP contribution in [0.3, 0.4) is 0 Å². The summed E-state index contributed by atoms with van der Waals surface area (Å²) in [4.78, 5) is 0. The Morgan fingerprint density at radius 1 is 0.929 bits per heavy atom. The lowest BCUT2D eigenvalue weighted by Gasteiger charge is -2.28. The summed E-state index contributed by atoms with van der Waals surface area (Å²) >= 11 is 0. The van der Waals surface area contributed by atoms with Crippen LogP contribution in [0.1, 0.15) is 74.5 Å². The quantitative estimate of drug-likeness (QED) is 0.371. The van der Waals surface area contributed by atoms with Crippen molar-refractivity contribution in [2.45, 2.75) is 57.8 Å². The van der Waals surface area contributed by atoms with E-state index in [0.29, 0.717) is 0 Å². The molecule has 2 aromatic carbocycles. The Hall–Kier alpha value is -2.46. The largest absolute Gasteiger partial charge is 0.494 e. The minimum Gasteiger partial charge on any atom is -0.494 e. The number of rotatable bonds is 7. The SMILES string of the molecule is C=CCC[C@H]1CC[C@H](c2ccc(C#Cc3ccc(OCCC)cc3)cc2)CC1. The summed E-state index contributed by atoms with van der Waals surface area (Å²) in [5, 5.41) is 0. The molecule has 0 saturated heterocycles. The van der Waals surface area contributed by atoms with Gasteiger partial charge in [0.15, 0.2) is 0 Å². The number of allylic oxidation sites excluding steroid dienone is 1. The fraction of sp³-hybridized carbons (Fsp3) is 0.407. The molecule has 2 aromatic rings. The Labute approximate surface area is 170 Å². The third kappa shape index (κ3) is 6.03. The molecule has 1 aliphatic rings. The summed E-state index contributed by atoms with van der Waals surface area (Å²) in [5.41, 5.74) is 3.57. The van der Waals surface area contributed by atoms with Crippen LogP contribution in [0.25, 0.3) is 0 Å². The number of hydrogen-bond acceptors (Lipinski definition) is 1. The van der Waals surface area contributed by atoms with Crippen LogP contribution >= 0.6 is 0 Å². The maximum atomic E-state index is 5.62. The Morgan fingerprint density at radius 3 is 2.11 bits per heavy atom. The lowest BCUT2D eigenvalue weighted by Crippen LogP contribution is -2.13. The molecular formula is C27H32O. The number of hydrogen-bond donors (Lipinski definition) is 0. The van der Waals surface area contributed by atoms with E-state index in [0.717, 1.165) is 48.2 Å². The first-order valence-corrected chi connectivity index (χ1v) is 10.7. The molecule has 28 heavy (non-hydrogen) atoms. The highest BCUT2D eigenvalue weighted by Crippen LogP contribution is 2.37. The fourth-order valence-corrected chi connectivity index (χ4v) is 3.98. The van der Waals surface area contributed by atoms with E-state index in [9.17, 15) is 0 Å². The molecular weight excluding hydrogens is 340 g/mol. The highest BCUT2D eigenvalue weighted by atomic mass is 16.5. The first-order chi connectivity index (χ1) is 13.8. The van der Waals surface area contributed by atoms with Crippen molar-refractivity contribution in [2.24, 2.45) is 5.92 Å². The van der Waals surface area contributed by atoms with Crippen LogP contribution in [0, 0.1) is 17.8 Å². The van der Waals surface area contributed by atoms with Crippen molar-refractivity contribution in [1.82, 2.24) is 0 Å². The Morgan fingerprint density at radius 2 is 1.54 bits per heavy atom. The summed E-state index contributed by atoms with van der Waals surface area (Å²) in [7, 11) is 0. The second-order valence-electron chi connectivity index (χ2n) is 7.83. The monoisotopic (exact) mass is 372 g/mol. The van der Waals surface area contributed by atoms with Gasteiger partial charge in [-0.3, -0.25) is 0 Å². The average Bonchev–Trinajstić information content (AvgIpc) is 2.76. The third-order valence-electron chi connectivity index (χ3n) is 5.69. The first-order valence-electron chi connectivity index (χ1n) is 10.7. The molecule has 1 nitrogen and oxygen atoms in total. The Balaban J connectivity index is 1.54. The molecule has 0 radical (unpaired) electrons. The molecule has 3 rings (SSSR count). The van der Waals surface area contributed by atoms with Gasteiger partial charge in [0.1, 0.15) is 5.75 Å². The van der Waals surface area contributed by atoms with E-state index >= 15 is 0 Å². The molecule has 0 heterocycles. The zero-order valence-corrected chi connectivity index (χ0v) is 17.1. The Bertz CT molecular complexity index is 781. The zero-order valence-electron chi connectivity index (χ0n) is 17.1. The predicted octanol–water partition coefficient (Wildman–Crippen LogP) is 7.12. The van der Waals surface area contributed by atoms with Crippen molar-refractivity contribution in [2.75, 3.05) is 6.61 Å². The summed E-state index contributed by atoms with van der Waals surface area (Å²) in [6.07, 6.45) is 10.9. The van der Waals surface area contributed by atoms with Crippen molar-refractivity contribution in [3.05, 3.63) is 77.9 Å². The van der Waals surface area contributed by atoms with Gasteiger partial charge < -0.3 is 4.74 Å². The normalized spacial score (nSPS) is 18.8. The minimum atomic E-state index is 0.720. The van der Waals surface area contributed by atoms with Crippen molar-refractivity contribution >= 4 is 0 Å². The molecule has 0 aliphatic heterocycles. The second kappa shape index (κ2) is 10.8. The van der Waals surface area contributed by atoms with Crippen LogP contribution in [0.15, 0.2) is 61.2 Å². The molecule has 0 aromatic heterocycles. The number of benzene rings is 2. The van der Waals surface area contributed by atoms with Crippen molar-refractivity contribution in [3.63, 3.8) is 0 Å². The average molecular weight is 373 g/mol. The standard InChI is InChI=1S/C27H32O/c1-3-5-6-22-9-15-25(16-10-22)26-17-11-23(12-18-26)7-8-24-13-19-27(20-14-24)28-21-4-2/h3,11-14,17-20,22,25H,1,4-6,9-10,15-16,21H2,2H3/t22-,25-. The van der Waals surface area contributed by atoms with Crippen molar-refractivity contribution in [3.8, 4) is 17.6 Å².